The Morgan fingerprint density at radius 3 is 2.88 bits per heavy atom. The number of aryl methyl sites for hydroxylation is 1. The highest BCUT2D eigenvalue weighted by atomic mass is 15.1. The number of nitrogens with zero attached hydrogens (tertiary/aromatic N) is 1. The summed E-state index contributed by atoms with van der Waals surface area (Å²) >= 11 is 0. The maximum absolute atomic E-state index is 3.93. The highest BCUT2D eigenvalue weighted by Crippen LogP contribution is 2.16. The van der Waals surface area contributed by atoms with Crippen LogP contribution in [0.4, 0.5) is 0 Å². The van der Waals surface area contributed by atoms with E-state index in [0.29, 0.717) is 6.04 Å². The van der Waals surface area contributed by atoms with Gasteiger partial charge in [0.2, 0.25) is 0 Å². The largest absolute Gasteiger partial charge is 0.306 e. The number of nitrogens with one attached hydrogen (secondary N) is 2. The summed E-state index contributed by atoms with van der Waals surface area (Å²) in [6.07, 6.45) is 3.76. The number of rotatable bonds is 4. The van der Waals surface area contributed by atoms with E-state index in [1.54, 1.807) is 0 Å². The lowest BCUT2D eigenvalue weighted by Gasteiger charge is -2.15. The molecule has 3 nitrogen and oxygen atoms in total. The normalized spacial score (nSPS) is 12.6. The van der Waals surface area contributed by atoms with Crippen molar-refractivity contribution in [2.75, 3.05) is 0 Å². The Hall–Kier alpha value is -1.61. The predicted molar refractivity (Wildman–Crippen MR) is 65.0 cm³/mol. The number of aromatic amines is 1. The maximum Gasteiger partial charge on any atom is 0.0532 e. The average Bonchev–Trinajstić information content (AvgIpc) is 2.79. The zero-order chi connectivity index (χ0) is 11.4. The van der Waals surface area contributed by atoms with Gasteiger partial charge in [-0.15, -0.1) is 0 Å². The van der Waals surface area contributed by atoms with E-state index >= 15 is 0 Å². The number of H-pyrrole nitrogens is 1. The molecular weight excluding hydrogens is 198 g/mol. The van der Waals surface area contributed by atoms with Crippen LogP contribution in [0.5, 0.6) is 0 Å². The summed E-state index contributed by atoms with van der Waals surface area (Å²) in [5, 5.41) is 10.2. The molecule has 0 saturated carbocycles. The zero-order valence-electron chi connectivity index (χ0n) is 9.70. The highest BCUT2D eigenvalue weighted by molar-refractivity contribution is 5.28. The lowest BCUT2D eigenvalue weighted by Crippen LogP contribution is -2.18. The van der Waals surface area contributed by atoms with E-state index in [0.717, 1.165) is 6.54 Å². The van der Waals surface area contributed by atoms with Gasteiger partial charge in [0.15, 0.2) is 0 Å². The maximum atomic E-state index is 3.93. The van der Waals surface area contributed by atoms with Crippen molar-refractivity contribution >= 4 is 0 Å². The minimum Gasteiger partial charge on any atom is -0.306 e. The molecule has 0 saturated heterocycles. The second kappa shape index (κ2) is 4.94. The molecule has 1 heterocycles. The Bertz CT molecular complexity index is 434. The lowest BCUT2D eigenvalue weighted by molar-refractivity contribution is 0.572. The predicted octanol–water partition coefficient (Wildman–Crippen LogP) is 2.57. The Morgan fingerprint density at radius 2 is 2.19 bits per heavy atom. The van der Waals surface area contributed by atoms with Crippen LogP contribution in [0.2, 0.25) is 0 Å². The summed E-state index contributed by atoms with van der Waals surface area (Å²) in [6.45, 7) is 5.17. The van der Waals surface area contributed by atoms with Crippen molar-refractivity contribution in [2.45, 2.75) is 26.4 Å². The van der Waals surface area contributed by atoms with Gasteiger partial charge in [0.1, 0.15) is 0 Å². The smallest absolute Gasteiger partial charge is 0.0532 e. The minimum atomic E-state index is 0.357. The molecular formula is C13H17N3. The van der Waals surface area contributed by atoms with Gasteiger partial charge in [-0.2, -0.15) is 5.10 Å². The third kappa shape index (κ3) is 2.49. The average molecular weight is 215 g/mol. The minimum absolute atomic E-state index is 0.357. The van der Waals surface area contributed by atoms with E-state index < -0.39 is 0 Å². The first kappa shape index (κ1) is 10.9. The van der Waals surface area contributed by atoms with Crippen LogP contribution in [-0.4, -0.2) is 10.2 Å². The van der Waals surface area contributed by atoms with Gasteiger partial charge in [-0.1, -0.05) is 24.3 Å². The molecule has 1 aromatic heterocycles. The van der Waals surface area contributed by atoms with Crippen molar-refractivity contribution in [3.8, 4) is 0 Å². The SMILES string of the molecule is Cc1ccccc1C(C)NCc1cn[nH]c1. The van der Waals surface area contributed by atoms with E-state index in [9.17, 15) is 0 Å². The fraction of sp³-hybridized carbons (Fsp3) is 0.308. The van der Waals surface area contributed by atoms with Gasteiger partial charge in [0.05, 0.1) is 6.20 Å². The fourth-order valence-corrected chi connectivity index (χ4v) is 1.83. The fourth-order valence-electron chi connectivity index (χ4n) is 1.83. The third-order valence-electron chi connectivity index (χ3n) is 2.82. The van der Waals surface area contributed by atoms with E-state index in [-0.39, 0.29) is 0 Å². The molecule has 0 spiro atoms. The molecule has 1 aromatic carbocycles. The summed E-state index contributed by atoms with van der Waals surface area (Å²) < 4.78 is 0. The number of aromatic nitrogens is 2. The van der Waals surface area contributed by atoms with Crippen molar-refractivity contribution in [3.63, 3.8) is 0 Å². The van der Waals surface area contributed by atoms with Crippen molar-refractivity contribution in [1.29, 1.82) is 0 Å². The molecule has 2 rings (SSSR count). The van der Waals surface area contributed by atoms with Crippen LogP contribution in [0.15, 0.2) is 36.7 Å². The van der Waals surface area contributed by atoms with Crippen LogP contribution in [0.25, 0.3) is 0 Å². The molecule has 0 aliphatic heterocycles. The van der Waals surface area contributed by atoms with E-state index in [4.69, 9.17) is 0 Å². The molecule has 0 aliphatic rings. The lowest BCUT2D eigenvalue weighted by atomic mass is 10.0. The Kier molecular flexibility index (Phi) is 3.37. The molecule has 0 fully saturated rings. The summed E-state index contributed by atoms with van der Waals surface area (Å²) in [5.74, 6) is 0. The molecule has 1 atom stereocenters. The molecule has 2 aromatic rings. The molecule has 3 heteroatoms. The van der Waals surface area contributed by atoms with Crippen LogP contribution in [0.3, 0.4) is 0 Å². The summed E-state index contributed by atoms with van der Waals surface area (Å²) in [6, 6.07) is 8.82. The van der Waals surface area contributed by atoms with Crippen molar-refractivity contribution in [1.82, 2.24) is 15.5 Å². The Labute approximate surface area is 95.9 Å². The molecule has 0 radical (unpaired) electrons. The van der Waals surface area contributed by atoms with Crippen LogP contribution in [0, 0.1) is 6.92 Å². The number of hydrogen-bond acceptors (Lipinski definition) is 2. The van der Waals surface area contributed by atoms with Crippen molar-refractivity contribution < 1.29 is 0 Å². The molecule has 2 N–H and O–H groups in total. The highest BCUT2D eigenvalue weighted by Gasteiger charge is 2.06. The van der Waals surface area contributed by atoms with Gasteiger partial charge in [-0.25, -0.2) is 0 Å². The van der Waals surface area contributed by atoms with Gasteiger partial charge in [0, 0.05) is 24.3 Å². The zero-order valence-corrected chi connectivity index (χ0v) is 9.70. The Morgan fingerprint density at radius 1 is 1.38 bits per heavy atom. The summed E-state index contributed by atoms with van der Waals surface area (Å²) in [4.78, 5) is 0. The molecule has 1 unspecified atom stereocenters. The first-order valence-corrected chi connectivity index (χ1v) is 5.54. The van der Waals surface area contributed by atoms with Gasteiger partial charge in [-0.3, -0.25) is 5.10 Å². The molecule has 0 bridgehead atoms. The first-order chi connectivity index (χ1) is 7.77. The Balaban J connectivity index is 1.98. The first-order valence-electron chi connectivity index (χ1n) is 5.54. The van der Waals surface area contributed by atoms with Gasteiger partial charge >= 0.3 is 0 Å². The standard InChI is InChI=1S/C13H17N3/c1-10-5-3-4-6-13(10)11(2)14-7-12-8-15-16-9-12/h3-6,8-9,11,14H,7H2,1-2H3,(H,15,16). The van der Waals surface area contributed by atoms with E-state index in [1.165, 1.54) is 16.7 Å². The van der Waals surface area contributed by atoms with Crippen molar-refractivity contribution in [3.05, 3.63) is 53.3 Å². The van der Waals surface area contributed by atoms with E-state index in [1.807, 2.05) is 12.4 Å². The molecule has 0 amide bonds. The van der Waals surface area contributed by atoms with Gasteiger partial charge < -0.3 is 5.32 Å². The molecule has 0 aliphatic carbocycles. The van der Waals surface area contributed by atoms with E-state index in [2.05, 4.69) is 53.6 Å². The van der Waals surface area contributed by atoms with Crippen LogP contribution >= 0.6 is 0 Å². The second-order valence-electron chi connectivity index (χ2n) is 4.07. The van der Waals surface area contributed by atoms with Crippen molar-refractivity contribution in [2.24, 2.45) is 0 Å². The van der Waals surface area contributed by atoms with Gasteiger partial charge in [-0.05, 0) is 25.0 Å². The summed E-state index contributed by atoms with van der Waals surface area (Å²) in [7, 11) is 0. The van der Waals surface area contributed by atoms with Crippen LogP contribution in [-0.2, 0) is 6.54 Å². The third-order valence-corrected chi connectivity index (χ3v) is 2.82. The van der Waals surface area contributed by atoms with Crippen LogP contribution < -0.4 is 5.32 Å². The topological polar surface area (TPSA) is 40.7 Å². The second-order valence-corrected chi connectivity index (χ2v) is 4.07. The quantitative estimate of drug-likeness (QED) is 0.823. The van der Waals surface area contributed by atoms with Gasteiger partial charge in [0.25, 0.3) is 0 Å². The molecule has 16 heavy (non-hydrogen) atoms. The van der Waals surface area contributed by atoms with Crippen LogP contribution in [0.1, 0.15) is 29.7 Å². The monoisotopic (exact) mass is 215 g/mol. The molecule has 84 valence electrons. The number of hydrogen-bond donors (Lipinski definition) is 2. The summed E-state index contributed by atoms with van der Waals surface area (Å²) in [5.41, 5.74) is 3.86. The number of benzene rings is 1.